The van der Waals surface area contributed by atoms with Gasteiger partial charge >= 0.3 is 0 Å². The molecule has 0 amide bonds. The summed E-state index contributed by atoms with van der Waals surface area (Å²) in [5.74, 6) is 0. The number of allylic oxidation sites excluding steroid dienone is 1. The molecular weight excluding hydrogens is 318 g/mol. The molecule has 0 bridgehead atoms. The highest BCUT2D eigenvalue weighted by Gasteiger charge is 2.33. The lowest BCUT2D eigenvalue weighted by Gasteiger charge is -2.33. The Morgan fingerprint density at radius 3 is 2.77 bits per heavy atom. The molecule has 142 valence electrons. The van der Waals surface area contributed by atoms with Crippen molar-refractivity contribution in [3.8, 4) is 0 Å². The Morgan fingerprint density at radius 2 is 2.08 bits per heavy atom. The molecule has 1 aromatic carbocycles. The molecule has 1 saturated carbocycles. The van der Waals surface area contributed by atoms with E-state index in [1.807, 2.05) is 13.1 Å². The molecule has 2 unspecified atom stereocenters. The van der Waals surface area contributed by atoms with E-state index in [4.69, 9.17) is 0 Å². The molecule has 0 radical (unpaired) electrons. The highest BCUT2D eigenvalue weighted by Crippen LogP contribution is 2.38. The summed E-state index contributed by atoms with van der Waals surface area (Å²) < 4.78 is 0. The van der Waals surface area contributed by atoms with Crippen molar-refractivity contribution in [1.29, 1.82) is 0 Å². The molecule has 2 aliphatic rings. The van der Waals surface area contributed by atoms with Gasteiger partial charge in [-0.3, -0.25) is 4.90 Å². The van der Waals surface area contributed by atoms with Crippen LogP contribution < -0.4 is 10.6 Å². The zero-order chi connectivity index (χ0) is 18.5. The van der Waals surface area contributed by atoms with E-state index < -0.39 is 0 Å². The first-order chi connectivity index (χ1) is 12.6. The number of hydrogen-bond acceptors (Lipinski definition) is 3. The topological polar surface area (TPSA) is 27.3 Å². The van der Waals surface area contributed by atoms with Crippen molar-refractivity contribution in [1.82, 2.24) is 10.2 Å². The molecule has 2 N–H and O–H groups in total. The van der Waals surface area contributed by atoms with Crippen LogP contribution in [0.1, 0.15) is 69.0 Å². The van der Waals surface area contributed by atoms with Gasteiger partial charge in [0.2, 0.25) is 0 Å². The maximum atomic E-state index is 4.26. The molecule has 1 aliphatic carbocycles. The second-order valence-corrected chi connectivity index (χ2v) is 7.90. The Bertz CT molecular complexity index is 630. The van der Waals surface area contributed by atoms with Crippen molar-refractivity contribution in [2.24, 2.45) is 0 Å². The summed E-state index contributed by atoms with van der Waals surface area (Å²) >= 11 is 0. The summed E-state index contributed by atoms with van der Waals surface area (Å²) in [5.41, 5.74) is 5.32. The second kappa shape index (κ2) is 8.77. The van der Waals surface area contributed by atoms with Crippen LogP contribution in [-0.2, 0) is 6.54 Å². The minimum atomic E-state index is 0.343. The minimum Gasteiger partial charge on any atom is -0.391 e. The van der Waals surface area contributed by atoms with Crippen LogP contribution in [0.3, 0.4) is 0 Å². The monoisotopic (exact) mass is 353 g/mol. The molecule has 2 atom stereocenters. The maximum absolute atomic E-state index is 4.26. The smallest absolute Gasteiger partial charge is 0.0501 e. The van der Waals surface area contributed by atoms with Gasteiger partial charge in [0, 0.05) is 37.1 Å². The molecule has 0 saturated heterocycles. The third kappa shape index (κ3) is 4.15. The zero-order valence-electron chi connectivity index (χ0n) is 16.6. The number of fused-ring (bicyclic) bond motifs is 1. The van der Waals surface area contributed by atoms with E-state index in [-0.39, 0.29) is 0 Å². The van der Waals surface area contributed by atoms with Gasteiger partial charge in [-0.15, -0.1) is 6.58 Å². The summed E-state index contributed by atoms with van der Waals surface area (Å²) in [6.07, 6.45) is 10.8. The van der Waals surface area contributed by atoms with Gasteiger partial charge in [0.25, 0.3) is 0 Å². The van der Waals surface area contributed by atoms with Crippen molar-refractivity contribution >= 4 is 5.69 Å². The van der Waals surface area contributed by atoms with Crippen LogP contribution in [0.4, 0.5) is 5.69 Å². The van der Waals surface area contributed by atoms with Crippen LogP contribution in [0.2, 0.25) is 0 Å². The highest BCUT2D eigenvalue weighted by atomic mass is 15.2. The molecule has 3 rings (SSSR count). The minimum absolute atomic E-state index is 0.343. The van der Waals surface area contributed by atoms with Gasteiger partial charge in [-0.2, -0.15) is 0 Å². The molecular formula is C23H35N3. The van der Waals surface area contributed by atoms with E-state index in [0.29, 0.717) is 18.1 Å². The summed E-state index contributed by atoms with van der Waals surface area (Å²) in [6.45, 7) is 11.5. The molecule has 26 heavy (non-hydrogen) atoms. The number of nitrogens with zero attached hydrogens (tertiary/aromatic N) is 1. The fourth-order valence-corrected chi connectivity index (χ4v) is 4.60. The van der Waals surface area contributed by atoms with Crippen LogP contribution in [0, 0.1) is 0 Å². The number of likely N-dealkylation sites (N-methyl/N-ethyl adjacent to an activating group) is 1. The zero-order valence-corrected chi connectivity index (χ0v) is 16.6. The first-order valence-corrected chi connectivity index (χ1v) is 10.3. The predicted molar refractivity (Wildman–Crippen MR) is 112 cm³/mol. The Morgan fingerprint density at radius 1 is 1.31 bits per heavy atom. The van der Waals surface area contributed by atoms with Gasteiger partial charge in [-0.25, -0.2) is 0 Å². The highest BCUT2D eigenvalue weighted by molar-refractivity contribution is 5.51. The van der Waals surface area contributed by atoms with E-state index in [2.05, 4.69) is 53.8 Å². The molecule has 1 aliphatic heterocycles. The number of rotatable bonds is 8. The van der Waals surface area contributed by atoms with Crippen molar-refractivity contribution in [2.75, 3.05) is 12.4 Å². The summed E-state index contributed by atoms with van der Waals surface area (Å²) in [4.78, 5) is 2.58. The van der Waals surface area contributed by atoms with Gasteiger partial charge in [0.1, 0.15) is 0 Å². The molecule has 1 heterocycles. The normalized spacial score (nSPS) is 21.8. The third-order valence-corrected chi connectivity index (χ3v) is 6.19. The third-order valence-electron chi connectivity index (χ3n) is 6.19. The maximum Gasteiger partial charge on any atom is 0.0501 e. The predicted octanol–water partition coefficient (Wildman–Crippen LogP) is 5.38. The van der Waals surface area contributed by atoms with Crippen LogP contribution in [0.5, 0.6) is 0 Å². The average Bonchev–Trinajstić information content (AvgIpc) is 2.98. The van der Waals surface area contributed by atoms with Crippen LogP contribution in [0.25, 0.3) is 0 Å². The number of anilines is 1. The Balaban J connectivity index is 1.73. The Hall–Kier alpha value is -1.74. The Labute approximate surface area is 159 Å². The van der Waals surface area contributed by atoms with Gasteiger partial charge in [0.15, 0.2) is 0 Å². The van der Waals surface area contributed by atoms with Crippen molar-refractivity contribution < 1.29 is 0 Å². The Kier molecular flexibility index (Phi) is 6.42. The van der Waals surface area contributed by atoms with E-state index in [0.717, 1.165) is 25.1 Å². The van der Waals surface area contributed by atoms with Crippen molar-refractivity contribution in [3.05, 3.63) is 54.3 Å². The fourth-order valence-electron chi connectivity index (χ4n) is 4.60. The van der Waals surface area contributed by atoms with Crippen LogP contribution in [-0.4, -0.2) is 24.0 Å². The fraction of sp³-hybridized carbons (Fsp3) is 0.565. The lowest BCUT2D eigenvalue weighted by Crippen LogP contribution is -2.37. The standard InChI is InChI=1S/C23H35N3/c1-5-6-12-23(17(2)24-4)26-16-19-15-21(13-14-22(19)18(26)3)25-20-10-8-7-9-11-20/h5,13-15,18,20,23-25H,1-2,6-12,16H2,3-4H3. The lowest BCUT2D eigenvalue weighted by molar-refractivity contribution is 0.167. The summed E-state index contributed by atoms with van der Waals surface area (Å²) in [6, 6.07) is 8.41. The van der Waals surface area contributed by atoms with Gasteiger partial charge in [-0.05, 0) is 55.9 Å². The quantitative estimate of drug-likeness (QED) is 0.615. The van der Waals surface area contributed by atoms with Crippen molar-refractivity contribution in [3.63, 3.8) is 0 Å². The average molecular weight is 354 g/mol. The lowest BCUT2D eigenvalue weighted by atomic mass is 9.95. The molecule has 0 spiro atoms. The molecule has 0 aromatic heterocycles. The number of nitrogens with one attached hydrogen (secondary N) is 2. The molecule has 3 nitrogen and oxygen atoms in total. The first-order valence-electron chi connectivity index (χ1n) is 10.3. The largest absolute Gasteiger partial charge is 0.391 e. The van der Waals surface area contributed by atoms with Gasteiger partial charge in [-0.1, -0.05) is 38.0 Å². The van der Waals surface area contributed by atoms with Crippen LogP contribution >= 0.6 is 0 Å². The number of hydrogen-bond donors (Lipinski definition) is 2. The van der Waals surface area contributed by atoms with E-state index in [9.17, 15) is 0 Å². The molecule has 1 fully saturated rings. The van der Waals surface area contributed by atoms with E-state index in [1.165, 1.54) is 48.9 Å². The van der Waals surface area contributed by atoms with Gasteiger partial charge < -0.3 is 10.6 Å². The summed E-state index contributed by atoms with van der Waals surface area (Å²) in [7, 11) is 1.98. The van der Waals surface area contributed by atoms with Gasteiger partial charge in [0.05, 0.1) is 6.04 Å². The first kappa shape index (κ1) is 19.0. The van der Waals surface area contributed by atoms with Crippen molar-refractivity contribution in [2.45, 2.75) is 76.5 Å². The van der Waals surface area contributed by atoms with Crippen LogP contribution in [0.15, 0.2) is 43.1 Å². The van der Waals surface area contributed by atoms with E-state index >= 15 is 0 Å². The SMILES string of the molecule is C=CCCC(C(=C)NC)N1Cc2cc(NC3CCCCC3)ccc2C1C. The van der Waals surface area contributed by atoms with E-state index in [1.54, 1.807) is 0 Å². The molecule has 1 aromatic rings. The second-order valence-electron chi connectivity index (χ2n) is 7.90. The number of benzene rings is 1. The summed E-state index contributed by atoms with van der Waals surface area (Å²) in [5, 5.41) is 7.06. The molecule has 3 heteroatoms.